The van der Waals surface area contributed by atoms with Crippen LogP contribution in [0.1, 0.15) is 37.0 Å². The van der Waals surface area contributed by atoms with Crippen LogP contribution in [-0.4, -0.2) is 17.6 Å². The summed E-state index contributed by atoms with van der Waals surface area (Å²) in [4.78, 5) is 0. The lowest BCUT2D eigenvalue weighted by Crippen LogP contribution is -2.54. The number of halogens is 9. The van der Waals surface area contributed by atoms with Crippen LogP contribution in [0.25, 0.3) is 0 Å². The van der Waals surface area contributed by atoms with Gasteiger partial charge in [0.05, 0.1) is 6.10 Å². The Kier molecular flexibility index (Phi) is 8.37. The Morgan fingerprint density at radius 3 is 1.67 bits per heavy atom. The van der Waals surface area contributed by atoms with E-state index >= 15 is 0 Å². The van der Waals surface area contributed by atoms with Gasteiger partial charge < -0.3 is 5.11 Å². The van der Waals surface area contributed by atoms with Crippen LogP contribution in [-0.2, 0) is 4.33 Å². The van der Waals surface area contributed by atoms with Crippen molar-refractivity contribution in [2.24, 2.45) is 0 Å². The van der Waals surface area contributed by atoms with Gasteiger partial charge in [0.15, 0.2) is 8.67 Å². The molecule has 0 bridgehead atoms. The highest BCUT2D eigenvalue weighted by Crippen LogP contribution is 2.65. The van der Waals surface area contributed by atoms with Crippen LogP contribution >= 0.6 is 104 Å². The molecule has 0 aliphatic carbocycles. The van der Waals surface area contributed by atoms with Crippen molar-refractivity contribution in [3.8, 4) is 0 Å². The fourth-order valence-electron chi connectivity index (χ4n) is 1.91. The number of hydrogen-bond donors (Lipinski definition) is 1. The fourth-order valence-corrected chi connectivity index (χ4v) is 4.14. The van der Waals surface area contributed by atoms with Crippen molar-refractivity contribution in [2.45, 2.75) is 42.7 Å². The maximum absolute atomic E-state index is 10.00. The number of rotatable bonds is 6. The van der Waals surface area contributed by atoms with E-state index in [9.17, 15) is 5.11 Å². The molecule has 0 saturated heterocycles. The third-order valence-electron chi connectivity index (χ3n) is 3.36. The van der Waals surface area contributed by atoms with E-state index < -0.39 is 22.9 Å². The minimum absolute atomic E-state index is 0.267. The second-order valence-electron chi connectivity index (χ2n) is 5.15. The monoisotopic (exact) mass is 512 g/mol. The highest BCUT2D eigenvalue weighted by atomic mass is 35.6. The molecule has 0 saturated carbocycles. The van der Waals surface area contributed by atoms with Crippen LogP contribution in [0.4, 0.5) is 0 Å². The summed E-state index contributed by atoms with van der Waals surface area (Å²) in [5, 5.41) is 10.00. The SMILES string of the molecule is CCCC(O)c1ccc(C(Cl)(Cl)C(Cl)(Cl)C(Cl)(Cl)C(Cl)(Cl)Cl)cc1. The molecule has 0 aliphatic rings. The van der Waals surface area contributed by atoms with Crippen LogP contribution in [0.3, 0.4) is 0 Å². The van der Waals surface area contributed by atoms with Crippen LogP contribution in [0.15, 0.2) is 24.3 Å². The molecular weight excluding hydrogens is 503 g/mol. The predicted molar refractivity (Wildman–Crippen MR) is 109 cm³/mol. The Bertz CT molecular complexity index is 548. The Hall–Kier alpha value is 1.79. The number of benzene rings is 1. The lowest BCUT2D eigenvalue weighted by Gasteiger charge is -2.44. The molecule has 1 atom stereocenters. The summed E-state index contributed by atoms with van der Waals surface area (Å²) in [6.45, 7) is 1.97. The van der Waals surface area contributed by atoms with Crippen molar-refractivity contribution in [1.82, 2.24) is 0 Å². The minimum atomic E-state index is -2.34. The second kappa shape index (κ2) is 8.43. The Labute approximate surface area is 186 Å². The van der Waals surface area contributed by atoms with E-state index in [0.717, 1.165) is 6.42 Å². The highest BCUT2D eigenvalue weighted by molar-refractivity contribution is 6.80. The zero-order chi connectivity index (χ0) is 19.0. The van der Waals surface area contributed by atoms with Gasteiger partial charge in [-0.2, -0.15) is 0 Å². The standard InChI is InChI=1S/C14H13Cl9O/c1-2-3-10(24)8-4-6-9(7-5-8)11(15,16)12(17,18)13(19,20)14(21,22)23/h4-7,10,24H,2-3H2,1H3. The van der Waals surface area contributed by atoms with Gasteiger partial charge in [-0.1, -0.05) is 142 Å². The van der Waals surface area contributed by atoms with Gasteiger partial charge in [0.1, 0.15) is 0 Å². The smallest absolute Gasteiger partial charge is 0.226 e. The van der Waals surface area contributed by atoms with E-state index in [4.69, 9.17) is 104 Å². The first-order valence-electron chi connectivity index (χ1n) is 6.68. The summed E-state index contributed by atoms with van der Waals surface area (Å²) in [5.41, 5.74) is 0.951. The normalized spacial score (nSPS) is 15.5. The van der Waals surface area contributed by atoms with Crippen LogP contribution < -0.4 is 0 Å². The molecule has 1 unspecified atom stereocenters. The van der Waals surface area contributed by atoms with Gasteiger partial charge in [-0.05, 0) is 17.5 Å². The van der Waals surface area contributed by atoms with Gasteiger partial charge in [-0.15, -0.1) is 0 Å². The third-order valence-corrected chi connectivity index (χ3v) is 8.84. The van der Waals surface area contributed by atoms with Gasteiger partial charge in [0.2, 0.25) is 8.13 Å². The van der Waals surface area contributed by atoms with Crippen LogP contribution in [0.2, 0.25) is 0 Å². The first-order valence-corrected chi connectivity index (χ1v) is 10.1. The summed E-state index contributed by atoms with van der Waals surface area (Å²) >= 11 is 54.5. The molecule has 1 nitrogen and oxygen atoms in total. The molecular formula is C14H13Cl9O. The summed E-state index contributed by atoms with van der Waals surface area (Å²) < 4.78 is -8.91. The average Bonchev–Trinajstić information content (AvgIpc) is 2.46. The molecule has 1 rings (SSSR count). The van der Waals surface area contributed by atoms with Crippen molar-refractivity contribution in [1.29, 1.82) is 0 Å². The molecule has 0 aromatic heterocycles. The molecule has 0 heterocycles. The molecule has 10 heteroatoms. The Morgan fingerprint density at radius 1 is 0.833 bits per heavy atom. The largest absolute Gasteiger partial charge is 0.388 e. The van der Waals surface area contributed by atoms with Crippen LogP contribution in [0.5, 0.6) is 0 Å². The zero-order valence-electron chi connectivity index (χ0n) is 12.1. The summed E-state index contributed by atoms with van der Waals surface area (Å²) in [5.74, 6) is 0. The maximum Gasteiger partial charge on any atom is 0.226 e. The van der Waals surface area contributed by atoms with Crippen molar-refractivity contribution >= 4 is 104 Å². The van der Waals surface area contributed by atoms with E-state index in [0.29, 0.717) is 12.0 Å². The third kappa shape index (κ3) is 4.61. The summed E-state index contributed by atoms with van der Waals surface area (Å²) in [7, 11) is 0. The van der Waals surface area contributed by atoms with E-state index in [1.807, 2.05) is 6.92 Å². The molecule has 138 valence electrons. The topological polar surface area (TPSA) is 20.2 Å². The molecule has 24 heavy (non-hydrogen) atoms. The van der Waals surface area contributed by atoms with Gasteiger partial charge in [0, 0.05) is 0 Å². The minimum Gasteiger partial charge on any atom is -0.388 e. The van der Waals surface area contributed by atoms with Crippen molar-refractivity contribution in [3.05, 3.63) is 35.4 Å². The fraction of sp³-hybridized carbons (Fsp3) is 0.571. The lowest BCUT2D eigenvalue weighted by molar-refractivity contribution is 0.166. The van der Waals surface area contributed by atoms with E-state index in [1.54, 1.807) is 12.1 Å². The quantitative estimate of drug-likeness (QED) is 0.382. The molecule has 0 amide bonds. The Balaban J connectivity index is 3.24. The van der Waals surface area contributed by atoms with Crippen molar-refractivity contribution in [2.75, 3.05) is 0 Å². The van der Waals surface area contributed by atoms with Crippen molar-refractivity contribution < 1.29 is 5.11 Å². The number of aliphatic hydroxyl groups excluding tert-OH is 1. The van der Waals surface area contributed by atoms with E-state index in [2.05, 4.69) is 0 Å². The van der Waals surface area contributed by atoms with Crippen molar-refractivity contribution in [3.63, 3.8) is 0 Å². The van der Waals surface area contributed by atoms with Gasteiger partial charge in [-0.3, -0.25) is 0 Å². The molecule has 1 N–H and O–H groups in total. The zero-order valence-corrected chi connectivity index (χ0v) is 19.0. The molecule has 0 radical (unpaired) electrons. The van der Waals surface area contributed by atoms with E-state index in [1.165, 1.54) is 12.1 Å². The van der Waals surface area contributed by atoms with Crippen LogP contribution in [0, 0.1) is 0 Å². The molecule has 1 aromatic rings. The van der Waals surface area contributed by atoms with E-state index in [-0.39, 0.29) is 5.56 Å². The second-order valence-corrected chi connectivity index (χ2v) is 11.4. The highest BCUT2D eigenvalue weighted by Gasteiger charge is 2.68. The number of hydrogen-bond acceptors (Lipinski definition) is 1. The summed E-state index contributed by atoms with van der Waals surface area (Å²) in [6, 6.07) is 6.35. The lowest BCUT2D eigenvalue weighted by atomic mass is 10.00. The Morgan fingerprint density at radius 2 is 1.29 bits per heavy atom. The predicted octanol–water partition coefficient (Wildman–Crippen LogP) is 7.87. The average molecular weight is 516 g/mol. The first-order chi connectivity index (χ1) is 10.7. The van der Waals surface area contributed by atoms with Gasteiger partial charge in [0.25, 0.3) is 0 Å². The molecule has 0 fully saturated rings. The summed E-state index contributed by atoms with van der Waals surface area (Å²) in [6.07, 6.45) is 0.831. The van der Waals surface area contributed by atoms with Gasteiger partial charge in [-0.25, -0.2) is 0 Å². The first kappa shape index (κ1) is 23.8. The maximum atomic E-state index is 10.00. The molecule has 0 spiro atoms. The number of alkyl halides is 9. The molecule has 1 aromatic carbocycles. The molecule has 0 aliphatic heterocycles. The van der Waals surface area contributed by atoms with Gasteiger partial charge >= 0.3 is 0 Å². The number of aliphatic hydroxyl groups is 1.